The highest BCUT2D eigenvalue weighted by Crippen LogP contribution is 2.21. The van der Waals surface area contributed by atoms with Gasteiger partial charge in [-0.1, -0.05) is 30.3 Å². The quantitative estimate of drug-likeness (QED) is 0.724. The van der Waals surface area contributed by atoms with E-state index in [1.165, 1.54) is 5.39 Å². The van der Waals surface area contributed by atoms with Crippen molar-refractivity contribution in [3.8, 4) is 0 Å². The molecule has 2 aromatic carbocycles. The zero-order valence-electron chi connectivity index (χ0n) is 8.81. The summed E-state index contributed by atoms with van der Waals surface area (Å²) < 4.78 is 15.7. The molecule has 0 aromatic heterocycles. The van der Waals surface area contributed by atoms with Crippen molar-refractivity contribution in [2.24, 2.45) is 4.36 Å². The number of nitrogens with zero attached hydrogens (tertiary/aromatic N) is 1. The molecule has 0 amide bonds. The first-order valence-corrected chi connectivity index (χ1v) is 7.04. The zero-order chi connectivity index (χ0) is 10.9. The Bertz CT molecular complexity index is 602. The predicted octanol–water partition coefficient (Wildman–Crippen LogP) is 3.20. The SMILES string of the molecule is CS(C)(=O)=Nc1ccc2ccccc2c1. The third-order valence-electron chi connectivity index (χ3n) is 2.06. The molecule has 0 aliphatic heterocycles. The van der Waals surface area contributed by atoms with Gasteiger partial charge in [0.05, 0.1) is 5.69 Å². The fraction of sp³-hybridized carbons (Fsp3) is 0.167. The Morgan fingerprint density at radius 3 is 2.33 bits per heavy atom. The molecule has 0 atom stereocenters. The van der Waals surface area contributed by atoms with Gasteiger partial charge in [-0.3, -0.25) is 0 Å². The maximum Gasteiger partial charge on any atom is 0.0736 e. The van der Waals surface area contributed by atoms with E-state index in [0.29, 0.717) is 0 Å². The molecular weight excluding hydrogens is 206 g/mol. The van der Waals surface area contributed by atoms with Crippen molar-refractivity contribution in [3.05, 3.63) is 42.5 Å². The standard InChI is InChI=1S/C12H13NOS/c1-15(2,14)13-12-8-7-10-5-3-4-6-11(10)9-12/h3-9H,1-2H3. The number of fused-ring (bicyclic) bond motifs is 1. The summed E-state index contributed by atoms with van der Waals surface area (Å²) >= 11 is 0. The van der Waals surface area contributed by atoms with Gasteiger partial charge in [0, 0.05) is 22.2 Å². The van der Waals surface area contributed by atoms with Gasteiger partial charge in [0.2, 0.25) is 0 Å². The molecule has 2 aromatic rings. The third-order valence-corrected chi connectivity index (χ3v) is 2.71. The lowest BCUT2D eigenvalue weighted by molar-refractivity contribution is 0.684. The van der Waals surface area contributed by atoms with E-state index in [0.717, 1.165) is 11.1 Å². The zero-order valence-corrected chi connectivity index (χ0v) is 9.62. The molecule has 0 N–H and O–H groups in total. The van der Waals surface area contributed by atoms with Crippen LogP contribution in [0.4, 0.5) is 5.69 Å². The summed E-state index contributed by atoms with van der Waals surface area (Å²) in [4.78, 5) is 0. The molecule has 3 heteroatoms. The van der Waals surface area contributed by atoms with Crippen LogP contribution in [0.2, 0.25) is 0 Å². The Hall–Kier alpha value is -1.35. The van der Waals surface area contributed by atoms with Crippen LogP contribution >= 0.6 is 0 Å². The highest BCUT2D eigenvalue weighted by molar-refractivity contribution is 7.92. The molecule has 0 saturated heterocycles. The summed E-state index contributed by atoms with van der Waals surface area (Å²) in [5, 5.41) is 2.30. The van der Waals surface area contributed by atoms with Crippen molar-refractivity contribution < 1.29 is 4.21 Å². The Morgan fingerprint density at radius 1 is 1.00 bits per heavy atom. The highest BCUT2D eigenvalue weighted by Gasteiger charge is 1.96. The maximum atomic E-state index is 11.5. The van der Waals surface area contributed by atoms with Crippen LogP contribution in [0.15, 0.2) is 46.8 Å². The van der Waals surface area contributed by atoms with Crippen LogP contribution in [0.3, 0.4) is 0 Å². The second-order valence-electron chi connectivity index (χ2n) is 3.80. The highest BCUT2D eigenvalue weighted by atomic mass is 32.2. The second kappa shape index (κ2) is 3.66. The summed E-state index contributed by atoms with van der Waals surface area (Å²) in [6.07, 6.45) is 3.28. The number of rotatable bonds is 1. The van der Waals surface area contributed by atoms with E-state index in [2.05, 4.69) is 4.36 Å². The molecule has 0 radical (unpaired) electrons. The maximum absolute atomic E-state index is 11.5. The summed E-state index contributed by atoms with van der Waals surface area (Å²) in [7, 11) is -2.07. The van der Waals surface area contributed by atoms with Crippen molar-refractivity contribution in [2.45, 2.75) is 0 Å². The molecule has 15 heavy (non-hydrogen) atoms. The van der Waals surface area contributed by atoms with Gasteiger partial charge in [0.1, 0.15) is 0 Å². The third kappa shape index (κ3) is 2.57. The van der Waals surface area contributed by atoms with Crippen LogP contribution < -0.4 is 0 Å². The minimum absolute atomic E-state index is 0.781. The van der Waals surface area contributed by atoms with Gasteiger partial charge >= 0.3 is 0 Å². The van der Waals surface area contributed by atoms with E-state index >= 15 is 0 Å². The largest absolute Gasteiger partial charge is 0.250 e. The number of hydrogen-bond donors (Lipinski definition) is 0. The predicted molar refractivity (Wildman–Crippen MR) is 66.0 cm³/mol. The molecule has 0 aliphatic rings. The van der Waals surface area contributed by atoms with Crippen molar-refractivity contribution in [1.29, 1.82) is 0 Å². The normalized spacial score (nSPS) is 11.6. The first-order valence-electron chi connectivity index (χ1n) is 4.70. The van der Waals surface area contributed by atoms with Crippen molar-refractivity contribution in [2.75, 3.05) is 12.5 Å². The second-order valence-corrected chi connectivity index (χ2v) is 6.35. The minimum Gasteiger partial charge on any atom is -0.250 e. The molecular formula is C12H13NOS. The summed E-state index contributed by atoms with van der Waals surface area (Å²) in [5.41, 5.74) is 0.781. The van der Waals surface area contributed by atoms with Gasteiger partial charge in [-0.25, -0.2) is 4.21 Å². The van der Waals surface area contributed by atoms with Crippen molar-refractivity contribution >= 4 is 26.2 Å². The van der Waals surface area contributed by atoms with E-state index in [4.69, 9.17) is 0 Å². The Balaban J connectivity index is 2.62. The summed E-state index contributed by atoms with van der Waals surface area (Å²) in [6, 6.07) is 13.9. The van der Waals surface area contributed by atoms with Gasteiger partial charge in [0.15, 0.2) is 0 Å². The smallest absolute Gasteiger partial charge is 0.0736 e. The average molecular weight is 219 g/mol. The topological polar surface area (TPSA) is 29.4 Å². The van der Waals surface area contributed by atoms with Crippen LogP contribution in [0.25, 0.3) is 10.8 Å². The fourth-order valence-electron chi connectivity index (χ4n) is 1.49. The van der Waals surface area contributed by atoms with Gasteiger partial charge in [-0.15, -0.1) is 0 Å². The van der Waals surface area contributed by atoms with Crippen molar-refractivity contribution in [1.82, 2.24) is 0 Å². The molecule has 0 spiro atoms. The molecule has 0 unspecified atom stereocenters. The lowest BCUT2D eigenvalue weighted by Gasteiger charge is -2.00. The van der Waals surface area contributed by atoms with Gasteiger partial charge in [-0.05, 0) is 22.9 Å². The van der Waals surface area contributed by atoms with E-state index in [-0.39, 0.29) is 0 Å². The molecule has 2 nitrogen and oxygen atoms in total. The number of benzene rings is 2. The number of hydrogen-bond acceptors (Lipinski definition) is 2. The van der Waals surface area contributed by atoms with Crippen LogP contribution in [-0.2, 0) is 9.73 Å². The molecule has 0 aliphatic carbocycles. The van der Waals surface area contributed by atoms with E-state index in [1.54, 1.807) is 12.5 Å². The van der Waals surface area contributed by atoms with E-state index in [9.17, 15) is 4.21 Å². The van der Waals surface area contributed by atoms with Gasteiger partial charge in [-0.2, -0.15) is 4.36 Å². The Kier molecular flexibility index (Phi) is 2.49. The van der Waals surface area contributed by atoms with Crippen LogP contribution in [0, 0.1) is 0 Å². The summed E-state index contributed by atoms with van der Waals surface area (Å²) in [6.45, 7) is 0. The Labute approximate surface area is 90.1 Å². The van der Waals surface area contributed by atoms with Crippen LogP contribution in [-0.4, -0.2) is 16.7 Å². The van der Waals surface area contributed by atoms with Crippen LogP contribution in [0.5, 0.6) is 0 Å². The monoisotopic (exact) mass is 219 g/mol. The molecule has 0 heterocycles. The van der Waals surface area contributed by atoms with Crippen LogP contribution in [0.1, 0.15) is 0 Å². The molecule has 2 rings (SSSR count). The lowest BCUT2D eigenvalue weighted by Crippen LogP contribution is -1.88. The molecule has 0 saturated carbocycles. The molecule has 0 bridgehead atoms. The van der Waals surface area contributed by atoms with Gasteiger partial charge in [0.25, 0.3) is 0 Å². The average Bonchev–Trinajstić information content (AvgIpc) is 2.15. The fourth-order valence-corrected chi connectivity index (χ4v) is 2.11. The molecule has 0 fully saturated rings. The minimum atomic E-state index is -2.07. The van der Waals surface area contributed by atoms with Gasteiger partial charge < -0.3 is 0 Å². The van der Waals surface area contributed by atoms with E-state index < -0.39 is 9.73 Å². The molecule has 78 valence electrons. The van der Waals surface area contributed by atoms with Crippen molar-refractivity contribution in [3.63, 3.8) is 0 Å². The first-order chi connectivity index (χ1) is 7.04. The van der Waals surface area contributed by atoms with E-state index in [1.807, 2.05) is 42.5 Å². The first kappa shape index (κ1) is 10.2. The lowest BCUT2D eigenvalue weighted by atomic mass is 10.1. The Morgan fingerprint density at radius 2 is 1.67 bits per heavy atom. The summed E-state index contributed by atoms with van der Waals surface area (Å²) in [5.74, 6) is 0.